The van der Waals surface area contributed by atoms with E-state index in [0.717, 1.165) is 46.4 Å². The minimum atomic E-state index is -3.70. The van der Waals surface area contributed by atoms with E-state index in [1.165, 1.54) is 25.1 Å². The molecule has 1 aromatic heterocycles. The number of nitrogens with one attached hydrogen (secondary N) is 1. The van der Waals surface area contributed by atoms with Crippen molar-refractivity contribution < 1.29 is 22.5 Å². The predicted molar refractivity (Wildman–Crippen MR) is 127 cm³/mol. The number of hydrogen-bond acceptors (Lipinski definition) is 7. The van der Waals surface area contributed by atoms with Crippen molar-refractivity contribution in [2.75, 3.05) is 43.5 Å². The largest absolute Gasteiger partial charge is 0.361 e. The van der Waals surface area contributed by atoms with Crippen molar-refractivity contribution in [3.8, 4) is 0 Å². The molecule has 34 heavy (non-hydrogen) atoms. The van der Waals surface area contributed by atoms with Gasteiger partial charge in [-0.05, 0) is 57.7 Å². The molecule has 1 N–H and O–H groups in total. The zero-order valence-electron chi connectivity index (χ0n) is 20.0. The molecule has 0 unspecified atom stereocenters. The van der Waals surface area contributed by atoms with Crippen molar-refractivity contribution in [2.45, 2.75) is 50.5 Å². The van der Waals surface area contributed by atoms with E-state index in [1.54, 1.807) is 12.1 Å². The lowest BCUT2D eigenvalue weighted by molar-refractivity contribution is -0.124. The second-order valence-electron chi connectivity index (χ2n) is 8.97. The minimum Gasteiger partial charge on any atom is -0.361 e. The summed E-state index contributed by atoms with van der Waals surface area (Å²) in [6.07, 6.45) is 3.18. The molecule has 2 amide bonds. The number of amides is 2. The number of benzene rings is 1. The Labute approximate surface area is 199 Å². The molecule has 0 bridgehead atoms. The summed E-state index contributed by atoms with van der Waals surface area (Å²) in [6, 6.07) is 4.48. The number of hydrogen-bond donors (Lipinski definition) is 1. The smallest absolute Gasteiger partial charge is 0.250 e. The quantitative estimate of drug-likeness (QED) is 0.628. The highest BCUT2D eigenvalue weighted by Gasteiger charge is 2.40. The van der Waals surface area contributed by atoms with Crippen molar-refractivity contribution >= 4 is 33.2 Å². The maximum absolute atomic E-state index is 13.4. The summed E-state index contributed by atoms with van der Waals surface area (Å²) in [7, 11) is -0.769. The maximum atomic E-state index is 13.4. The highest BCUT2D eigenvalue weighted by Crippen LogP contribution is 2.40. The Kier molecular flexibility index (Phi) is 6.68. The van der Waals surface area contributed by atoms with Gasteiger partial charge in [0, 0.05) is 32.7 Å². The van der Waals surface area contributed by atoms with Crippen molar-refractivity contribution in [1.29, 1.82) is 0 Å². The lowest BCUT2D eigenvalue weighted by Crippen LogP contribution is -2.57. The molecular weight excluding hydrogens is 458 g/mol. The molecule has 0 saturated carbocycles. The van der Waals surface area contributed by atoms with Crippen LogP contribution in [0.5, 0.6) is 0 Å². The summed E-state index contributed by atoms with van der Waals surface area (Å²) in [5, 5.41) is 6.79. The van der Waals surface area contributed by atoms with E-state index < -0.39 is 10.0 Å². The number of carbonyl (C=O) groups excluding carboxylic acids is 2. The molecule has 1 fully saturated rings. The second-order valence-corrected chi connectivity index (χ2v) is 11.1. The van der Waals surface area contributed by atoms with E-state index in [0.29, 0.717) is 25.1 Å². The van der Waals surface area contributed by atoms with Gasteiger partial charge in [0.15, 0.2) is 0 Å². The number of aromatic nitrogens is 1. The maximum Gasteiger partial charge on any atom is 0.250 e. The molecule has 2 aromatic rings. The number of aryl methyl sites for hydroxylation is 2. The number of sulfonamides is 1. The van der Waals surface area contributed by atoms with E-state index in [1.807, 2.05) is 18.7 Å². The van der Waals surface area contributed by atoms with Gasteiger partial charge in [0.1, 0.15) is 18.3 Å². The molecule has 10 nitrogen and oxygen atoms in total. The molecule has 1 saturated heterocycles. The lowest BCUT2D eigenvalue weighted by Gasteiger charge is -2.45. The summed E-state index contributed by atoms with van der Waals surface area (Å²) in [5.41, 5.74) is 2.98. The lowest BCUT2D eigenvalue weighted by atomic mass is 9.96. The molecule has 2 aliphatic heterocycles. The number of carbonyl (C=O) groups is 2. The molecule has 1 aromatic carbocycles. The molecule has 3 heterocycles. The summed E-state index contributed by atoms with van der Waals surface area (Å²) in [4.78, 5) is 29.8. The van der Waals surface area contributed by atoms with Crippen LogP contribution in [0.4, 0.5) is 11.4 Å². The molecule has 2 aliphatic rings. The molecule has 184 valence electrons. The molecule has 0 aliphatic carbocycles. The Morgan fingerprint density at radius 2 is 2.00 bits per heavy atom. The average molecular weight is 490 g/mol. The molecular formula is C23H31N5O5S. The van der Waals surface area contributed by atoms with Crippen LogP contribution in [0.25, 0.3) is 0 Å². The Bertz CT molecular complexity index is 1190. The molecule has 11 heteroatoms. The van der Waals surface area contributed by atoms with Gasteiger partial charge in [0.25, 0.3) is 0 Å². The summed E-state index contributed by atoms with van der Waals surface area (Å²) < 4.78 is 31.8. The van der Waals surface area contributed by atoms with E-state index in [4.69, 9.17) is 4.52 Å². The third-order valence-corrected chi connectivity index (χ3v) is 8.37. The van der Waals surface area contributed by atoms with Gasteiger partial charge in [-0.15, -0.1) is 0 Å². The second kappa shape index (κ2) is 9.38. The van der Waals surface area contributed by atoms with Crippen LogP contribution in [0.15, 0.2) is 27.6 Å². The van der Waals surface area contributed by atoms with Crippen LogP contribution >= 0.6 is 0 Å². The number of rotatable bonds is 7. The number of nitrogens with zero attached hydrogens (tertiary/aromatic N) is 4. The van der Waals surface area contributed by atoms with Crippen LogP contribution < -0.4 is 15.1 Å². The van der Waals surface area contributed by atoms with Crippen molar-refractivity contribution in [2.24, 2.45) is 0 Å². The molecule has 4 rings (SSSR count). The zero-order valence-corrected chi connectivity index (χ0v) is 20.8. The van der Waals surface area contributed by atoms with Gasteiger partial charge in [-0.2, -0.15) is 0 Å². The standard InChI is InChI=1S/C23H31N5O5S/c1-15-18(16(2)33-25-15)10-11-24-22(29)14-28-21-13-17(34(31,32)26(3)4)8-9-19(21)27-12-6-5-7-20(27)23(28)30/h8-9,13,20H,5-7,10-12,14H2,1-4H3,(H,24,29)/t20-/m1/s1. The first-order chi connectivity index (χ1) is 16.1. The Balaban J connectivity index is 1.58. The van der Waals surface area contributed by atoms with Crippen LogP contribution in [-0.2, 0) is 26.0 Å². The topological polar surface area (TPSA) is 116 Å². The predicted octanol–water partition coefficient (Wildman–Crippen LogP) is 1.61. The summed E-state index contributed by atoms with van der Waals surface area (Å²) >= 11 is 0. The third kappa shape index (κ3) is 4.41. The monoisotopic (exact) mass is 489 g/mol. The fourth-order valence-electron chi connectivity index (χ4n) is 4.66. The molecule has 1 atom stereocenters. The normalized spacial score (nSPS) is 18.1. The van der Waals surface area contributed by atoms with E-state index in [9.17, 15) is 18.0 Å². The van der Waals surface area contributed by atoms with Gasteiger partial charge >= 0.3 is 0 Å². The van der Waals surface area contributed by atoms with Gasteiger partial charge in [-0.3, -0.25) is 14.5 Å². The molecule has 0 spiro atoms. The fourth-order valence-corrected chi connectivity index (χ4v) is 5.58. The van der Waals surface area contributed by atoms with E-state index in [2.05, 4.69) is 10.5 Å². The van der Waals surface area contributed by atoms with Gasteiger partial charge < -0.3 is 14.7 Å². The van der Waals surface area contributed by atoms with Crippen LogP contribution in [-0.4, -0.2) is 69.5 Å². The molecule has 0 radical (unpaired) electrons. The van der Waals surface area contributed by atoms with Crippen LogP contribution in [0.3, 0.4) is 0 Å². The Morgan fingerprint density at radius 1 is 1.24 bits per heavy atom. The van der Waals surface area contributed by atoms with Crippen LogP contribution in [0, 0.1) is 13.8 Å². The highest BCUT2D eigenvalue weighted by molar-refractivity contribution is 7.89. The van der Waals surface area contributed by atoms with Crippen molar-refractivity contribution in [1.82, 2.24) is 14.8 Å². The van der Waals surface area contributed by atoms with Gasteiger partial charge in [-0.25, -0.2) is 12.7 Å². The van der Waals surface area contributed by atoms with Gasteiger partial charge in [-0.1, -0.05) is 5.16 Å². The minimum absolute atomic E-state index is 0.0864. The van der Waals surface area contributed by atoms with Crippen LogP contribution in [0.1, 0.15) is 36.3 Å². The van der Waals surface area contributed by atoms with Crippen molar-refractivity contribution in [3.63, 3.8) is 0 Å². The third-order valence-electron chi connectivity index (χ3n) is 6.56. The zero-order chi connectivity index (χ0) is 24.6. The van der Waals surface area contributed by atoms with Gasteiger partial charge in [0.05, 0.1) is 22.0 Å². The van der Waals surface area contributed by atoms with E-state index >= 15 is 0 Å². The highest BCUT2D eigenvalue weighted by atomic mass is 32.2. The fraction of sp³-hybridized carbons (Fsp3) is 0.522. The first kappa shape index (κ1) is 24.2. The van der Waals surface area contributed by atoms with Crippen LogP contribution in [0.2, 0.25) is 0 Å². The SMILES string of the molecule is Cc1noc(C)c1CCNC(=O)CN1C(=O)[C@H]2CCCCN2c2ccc(S(=O)(=O)N(C)C)cc21. The Hall–Kier alpha value is -2.92. The van der Waals surface area contributed by atoms with Crippen molar-refractivity contribution in [3.05, 3.63) is 35.2 Å². The average Bonchev–Trinajstić information content (AvgIpc) is 3.13. The first-order valence-electron chi connectivity index (χ1n) is 11.4. The number of piperidine rings is 1. The Morgan fingerprint density at radius 3 is 2.68 bits per heavy atom. The first-order valence-corrected chi connectivity index (χ1v) is 12.9. The number of fused-ring (bicyclic) bond motifs is 3. The number of anilines is 2. The van der Waals surface area contributed by atoms with E-state index in [-0.39, 0.29) is 29.3 Å². The summed E-state index contributed by atoms with van der Waals surface area (Å²) in [5.74, 6) is 0.238. The summed E-state index contributed by atoms with van der Waals surface area (Å²) in [6.45, 7) is 4.60. The van der Waals surface area contributed by atoms with Gasteiger partial charge in [0.2, 0.25) is 21.8 Å².